The van der Waals surface area contributed by atoms with Crippen LogP contribution in [-0.2, 0) is 46.0 Å². The normalized spacial score (nSPS) is 11.4. The number of pyridine rings is 2. The predicted molar refractivity (Wildman–Crippen MR) is 403 cm³/mol. The minimum absolute atomic E-state index is 0. The molecule has 582 valence electrons. The number of carboxylic acid groups (broad SMARTS) is 1. The van der Waals surface area contributed by atoms with E-state index in [2.05, 4.69) is 80.6 Å². The monoisotopic (exact) mass is 1760 g/mol. The van der Waals surface area contributed by atoms with E-state index in [9.17, 15) is 28.4 Å². The standard InChI is InChI=1S/C16H18ClN5O2.C11H17ClN4O2.C9H12ClNO.C7H9ClN4O2.C7H7ClN4O.C7H15NO2.C4H3Cl2N3.CH3F.CH2O3.Cs/c1-8-6-19-10(9(2)13(8)24-3)7-22-5-4-11(23)12-14(17)20-16(18)21-15(12)22;1-11(2,3)18-9(17)4-5-14-8-6-7(12)15-10(13)16-8;1-6-5-11-8(4-10)7(2)9(6)12-3;8-4-3-5(12-7(9)11-4)10-2-1-6(13)14;8-5-4-3(13)1-2-10-6(4)12-7(9)11-5;1-7(2,3)10-6(9)4-5-8;5-2-1-3(6)9-4(7)8-2;1-2;2-1-4-3;/h6H,4-5,7H2,1-3H3,(H2,18,20,21);6H,4-5H2,1-3H3,(H3,13,14,15,16);5H,4H2,1-3H3;3H,1-2H2,(H,13,14)(H3,9,10,11,12);1-2H2,(H3,9,10,11,12);4-5,8H2,1-3H3;1H,(H2,7,8,9);1H3;1,3H;/q;;;;;;;;;+1/p-1/i;;;;;;;1D;;. The third kappa shape index (κ3) is 39.0. The summed E-state index contributed by atoms with van der Waals surface area (Å²) in [5.41, 5.74) is 37.7. The number of Topliss-reactive ketones (excluding diaryl/α,β-unsaturated/α-hetero) is 2. The van der Waals surface area contributed by atoms with Gasteiger partial charge in [0.1, 0.15) is 76.9 Å². The minimum atomic E-state index is -1.00. The second kappa shape index (κ2) is 51.1. The van der Waals surface area contributed by atoms with Gasteiger partial charge in [-0.15, -0.1) is 11.6 Å². The number of hydrogen-bond donors (Lipinski definition) is 10. The Bertz CT molecular complexity index is 3990. The van der Waals surface area contributed by atoms with Crippen LogP contribution < -0.4 is 139 Å². The van der Waals surface area contributed by atoms with Crippen LogP contribution >= 0.6 is 81.2 Å². The largest absolute Gasteiger partial charge is 1.00 e. The van der Waals surface area contributed by atoms with Crippen LogP contribution in [0.1, 0.15) is 129 Å². The Balaban J connectivity index is 0.00000124. The number of nitrogens with one attached hydrogen (secondary N) is 3. The van der Waals surface area contributed by atoms with E-state index >= 15 is 0 Å². The Hall–Kier alpha value is -7.35. The molecule has 9 heterocycles. The molecule has 9 rings (SSSR count). The quantitative estimate of drug-likeness (QED) is 0.0132. The number of ether oxygens (including phenoxy) is 4. The third-order valence-electron chi connectivity index (χ3n) is 12.4. The maximum Gasteiger partial charge on any atom is 1.00 e. The number of carbonyl (C=O) groups excluding carboxylic acids is 5. The van der Waals surface area contributed by atoms with Crippen molar-refractivity contribution < 1.29 is 138 Å². The van der Waals surface area contributed by atoms with Crippen molar-refractivity contribution in [2.75, 3.05) is 104 Å². The van der Waals surface area contributed by atoms with E-state index in [-0.39, 0.29) is 185 Å². The van der Waals surface area contributed by atoms with Crippen molar-refractivity contribution in [2.45, 2.75) is 125 Å². The maximum atomic E-state index is 12.2. The Morgan fingerprint density at radius 3 is 1.48 bits per heavy atom. The van der Waals surface area contributed by atoms with Gasteiger partial charge in [-0.25, -0.2) is 29.9 Å². The fraction of sp³-hybridized carbons (Fsp3) is 0.429. The van der Waals surface area contributed by atoms with Gasteiger partial charge in [-0.2, -0.15) is 19.9 Å². The van der Waals surface area contributed by atoms with Crippen molar-refractivity contribution in [3.63, 3.8) is 0 Å². The zero-order valence-corrected chi connectivity index (χ0v) is 72.4. The zero-order valence-electron chi connectivity index (χ0n) is 61.8. The molecule has 0 unspecified atom stereocenters. The van der Waals surface area contributed by atoms with E-state index < -0.39 is 18.7 Å². The molecule has 44 heteroatoms. The maximum absolute atomic E-state index is 12.2. The number of nitrogens with two attached hydrogens (primary N) is 6. The van der Waals surface area contributed by atoms with Crippen LogP contribution in [0.5, 0.6) is 11.5 Å². The van der Waals surface area contributed by atoms with Crippen molar-refractivity contribution in [1.29, 1.82) is 0 Å². The first kappa shape index (κ1) is 97.7. The second-order valence-corrected chi connectivity index (χ2v) is 25.5. The summed E-state index contributed by atoms with van der Waals surface area (Å²) in [7, 11) is 2.30. The van der Waals surface area contributed by atoms with Gasteiger partial charge in [0.15, 0.2) is 11.6 Å². The summed E-state index contributed by atoms with van der Waals surface area (Å²) >= 11 is 39.7. The van der Waals surface area contributed by atoms with Gasteiger partial charge in [-0.3, -0.25) is 43.1 Å². The summed E-state index contributed by atoms with van der Waals surface area (Å²) in [6.45, 7) is 21.2. The molecule has 0 saturated heterocycles. The number of fused-ring (bicyclic) bond motifs is 2. The molecule has 0 amide bonds. The molecule has 0 radical (unpaired) electrons. The number of alkyl halides is 2. The van der Waals surface area contributed by atoms with E-state index in [1.54, 1.807) is 26.6 Å². The number of rotatable bonds is 16. The number of carbonyl (C=O) groups is 6. The second-order valence-electron chi connectivity index (χ2n) is 23.0. The van der Waals surface area contributed by atoms with Crippen molar-refractivity contribution >= 4 is 170 Å². The first-order chi connectivity index (χ1) is 50.1. The van der Waals surface area contributed by atoms with Crippen molar-refractivity contribution in [3.05, 3.63) is 106 Å². The molecule has 0 aromatic carbocycles. The molecule has 35 nitrogen and oxygen atoms in total. The average Bonchev–Trinajstić information content (AvgIpc) is 0.778. The van der Waals surface area contributed by atoms with E-state index in [4.69, 9.17) is 151 Å². The van der Waals surface area contributed by atoms with E-state index in [1.165, 1.54) is 18.2 Å². The number of halogens is 8. The number of anilines is 9. The van der Waals surface area contributed by atoms with Crippen LogP contribution in [-0.4, -0.2) is 166 Å². The molecular weight excluding hydrogens is 1670 g/mol. The molecule has 7 aromatic rings. The summed E-state index contributed by atoms with van der Waals surface area (Å²) in [5, 5.41) is 26.6. The first-order valence-electron chi connectivity index (χ1n) is 31.5. The van der Waals surface area contributed by atoms with Crippen LogP contribution in [0.15, 0.2) is 30.6 Å². The van der Waals surface area contributed by atoms with Crippen LogP contribution in [0.3, 0.4) is 0 Å². The Labute approximate surface area is 712 Å². The van der Waals surface area contributed by atoms with Gasteiger partial charge in [0, 0.05) is 98.4 Å². The minimum Gasteiger partial charge on any atom is -0.662 e. The molecule has 2 aliphatic rings. The molecule has 7 aromatic heterocycles. The van der Waals surface area contributed by atoms with Crippen LogP contribution in [0.25, 0.3) is 0 Å². The summed E-state index contributed by atoms with van der Waals surface area (Å²) in [5.74, 6) is 2.79. The predicted octanol–water partition coefficient (Wildman–Crippen LogP) is 6.00. The number of methoxy groups -OCH3 is 2. The van der Waals surface area contributed by atoms with Crippen molar-refractivity contribution in [2.24, 2.45) is 5.73 Å². The number of ketones is 2. The molecule has 2 aliphatic heterocycles. The summed E-state index contributed by atoms with van der Waals surface area (Å²) in [6.07, 6.45) is 4.86. The van der Waals surface area contributed by atoms with E-state index in [0.717, 1.165) is 45.1 Å². The van der Waals surface area contributed by atoms with Gasteiger partial charge in [-0.05, 0) is 69.2 Å². The number of aryl methyl sites for hydroxylation is 2. The Morgan fingerprint density at radius 1 is 0.654 bits per heavy atom. The average molecular weight is 1760 g/mol. The van der Waals surface area contributed by atoms with Gasteiger partial charge in [0.25, 0.3) is 6.47 Å². The van der Waals surface area contributed by atoms with Crippen LogP contribution in [0.2, 0.25) is 30.9 Å². The first-order valence-corrected chi connectivity index (χ1v) is 33.6. The number of aliphatic carboxylic acids is 1. The summed E-state index contributed by atoms with van der Waals surface area (Å²) in [6, 6.07) is 4.42. The van der Waals surface area contributed by atoms with Gasteiger partial charge in [0.2, 0.25) is 29.7 Å². The molecular formula is C63H85Cl7CsFN22O13. The van der Waals surface area contributed by atoms with Gasteiger partial charge in [-0.1, -0.05) is 69.6 Å². The molecule has 0 atom stereocenters. The smallest absolute Gasteiger partial charge is 0.662 e. The molecule has 0 aliphatic carbocycles. The fourth-order valence-corrected chi connectivity index (χ4v) is 9.98. The Kier molecular flexibility index (Phi) is 46.7. The number of esters is 2. The molecule has 0 spiro atoms. The summed E-state index contributed by atoms with van der Waals surface area (Å²) in [4.78, 5) is 116. The summed E-state index contributed by atoms with van der Waals surface area (Å²) < 4.78 is 36.3. The Morgan fingerprint density at radius 2 is 1.06 bits per heavy atom. The molecule has 0 saturated carbocycles. The number of hydrogen-bond acceptors (Lipinski definition) is 34. The van der Waals surface area contributed by atoms with E-state index in [1.807, 2.05) is 74.1 Å². The molecule has 0 fully saturated rings. The molecule has 16 N–H and O–H groups in total. The fourth-order valence-electron chi connectivity index (χ4n) is 8.34. The van der Waals surface area contributed by atoms with Crippen molar-refractivity contribution in [3.8, 4) is 11.5 Å². The van der Waals surface area contributed by atoms with Gasteiger partial charge in [0.05, 0.1) is 76.9 Å². The van der Waals surface area contributed by atoms with Gasteiger partial charge < -0.3 is 89.5 Å². The van der Waals surface area contributed by atoms with Crippen molar-refractivity contribution in [1.82, 2.24) is 59.8 Å². The van der Waals surface area contributed by atoms with E-state index in [0.29, 0.717) is 92.3 Å². The van der Waals surface area contributed by atoms with Crippen LogP contribution in [0, 0.1) is 27.7 Å². The number of aromatic nitrogens is 12. The zero-order chi connectivity index (χ0) is 81.5. The molecule has 0 bridgehead atoms. The molecule has 107 heavy (non-hydrogen) atoms. The SMILES string of the molecule is CC(C)(C)OC(=O)CCN.CC(C)(C)OC(=O)CCNc1cc(Cl)nc(N)n1.COc1c(C)cnc(CCl)c1C.COc1c(C)cnc(CN2CCC(=O)c3c(Cl)nc(N)nc32)c1C.Nc1nc(Cl)c2c(n1)NCCC2=O.Nc1nc(Cl)cc(Cl)n1.Nc1nc(Cl)cc(NCCC(=O)O)n1.O=CO[O-].[2H]CF.[Cs+]. The number of nitrogen functional groups attached to an aromatic ring is 5. The number of carboxylic acids is 1. The topological polar surface area (TPSA) is 542 Å². The number of nitrogens with zero attached hydrogens (tertiary/aromatic N) is 13. The van der Waals surface area contributed by atoms with Gasteiger partial charge >= 0.3 is 86.8 Å². The third-order valence-corrected chi connectivity index (χ3v) is 14.0. The van der Waals surface area contributed by atoms with Crippen LogP contribution in [0.4, 0.5) is 57.4 Å².